The van der Waals surface area contributed by atoms with Gasteiger partial charge in [-0.15, -0.1) is 0 Å². The van der Waals surface area contributed by atoms with Crippen LogP contribution in [0.4, 0.5) is 5.69 Å². The number of nitrogens with one attached hydrogen (secondary N) is 1. The SMILES string of the molecule is CC[C@H](NC(=O)[C@@H](C)N(c1ccc(C)cc1)S(C)(=O)=O)c1ccc(OC)c(C)c1. The Kier molecular flexibility index (Phi) is 7.30. The summed E-state index contributed by atoms with van der Waals surface area (Å²) in [6.45, 7) is 7.45. The summed E-state index contributed by atoms with van der Waals surface area (Å²) in [5, 5.41) is 3.00. The predicted molar refractivity (Wildman–Crippen MR) is 117 cm³/mol. The molecular weight excluding hydrogens is 388 g/mol. The summed E-state index contributed by atoms with van der Waals surface area (Å²) in [4.78, 5) is 13.0. The maximum atomic E-state index is 13.0. The average Bonchev–Trinajstić information content (AvgIpc) is 2.66. The van der Waals surface area contributed by atoms with Gasteiger partial charge in [0.15, 0.2) is 0 Å². The van der Waals surface area contributed by atoms with Crippen LogP contribution in [0.1, 0.15) is 43.0 Å². The number of rotatable bonds is 8. The van der Waals surface area contributed by atoms with Crippen molar-refractivity contribution < 1.29 is 17.9 Å². The largest absolute Gasteiger partial charge is 0.496 e. The number of sulfonamides is 1. The van der Waals surface area contributed by atoms with E-state index in [1.54, 1.807) is 26.2 Å². The summed E-state index contributed by atoms with van der Waals surface area (Å²) in [5.41, 5.74) is 3.41. The number of methoxy groups -OCH3 is 1. The van der Waals surface area contributed by atoms with Gasteiger partial charge in [0.25, 0.3) is 0 Å². The van der Waals surface area contributed by atoms with Gasteiger partial charge in [0.2, 0.25) is 15.9 Å². The van der Waals surface area contributed by atoms with E-state index in [0.29, 0.717) is 12.1 Å². The number of hydrogen-bond acceptors (Lipinski definition) is 4. The van der Waals surface area contributed by atoms with E-state index in [9.17, 15) is 13.2 Å². The van der Waals surface area contributed by atoms with Crippen molar-refractivity contribution in [2.45, 2.75) is 46.2 Å². The fourth-order valence-corrected chi connectivity index (χ4v) is 4.51. The highest BCUT2D eigenvalue weighted by atomic mass is 32.2. The van der Waals surface area contributed by atoms with Gasteiger partial charge in [-0.1, -0.05) is 36.8 Å². The van der Waals surface area contributed by atoms with Gasteiger partial charge in [-0.2, -0.15) is 0 Å². The van der Waals surface area contributed by atoms with Crippen LogP contribution < -0.4 is 14.4 Å². The van der Waals surface area contributed by atoms with Crippen molar-refractivity contribution in [2.75, 3.05) is 17.7 Å². The molecule has 0 aliphatic carbocycles. The molecule has 0 saturated carbocycles. The number of anilines is 1. The van der Waals surface area contributed by atoms with E-state index >= 15 is 0 Å². The molecular formula is C22H30N2O4S. The van der Waals surface area contributed by atoms with Crippen molar-refractivity contribution in [1.82, 2.24) is 5.32 Å². The Hall–Kier alpha value is -2.54. The molecule has 7 heteroatoms. The van der Waals surface area contributed by atoms with E-state index in [2.05, 4.69) is 5.32 Å². The second-order valence-electron chi connectivity index (χ2n) is 7.27. The highest BCUT2D eigenvalue weighted by Gasteiger charge is 2.30. The molecule has 0 bridgehead atoms. The lowest BCUT2D eigenvalue weighted by Gasteiger charge is -2.30. The van der Waals surface area contributed by atoms with Crippen LogP contribution in [0.2, 0.25) is 0 Å². The van der Waals surface area contributed by atoms with Crippen LogP contribution >= 0.6 is 0 Å². The minimum Gasteiger partial charge on any atom is -0.496 e. The highest BCUT2D eigenvalue weighted by Crippen LogP contribution is 2.26. The van der Waals surface area contributed by atoms with Crippen molar-refractivity contribution in [3.63, 3.8) is 0 Å². The summed E-state index contributed by atoms with van der Waals surface area (Å²) in [6.07, 6.45) is 1.79. The quantitative estimate of drug-likeness (QED) is 0.709. The Labute approximate surface area is 173 Å². The first-order valence-corrected chi connectivity index (χ1v) is 11.4. The first kappa shape index (κ1) is 22.7. The molecule has 0 radical (unpaired) electrons. The van der Waals surface area contributed by atoms with Crippen molar-refractivity contribution in [3.05, 3.63) is 59.2 Å². The van der Waals surface area contributed by atoms with Gasteiger partial charge in [0, 0.05) is 0 Å². The fourth-order valence-electron chi connectivity index (χ4n) is 3.33. The molecule has 0 heterocycles. The standard InChI is InChI=1S/C22H30N2O4S/c1-7-20(18-10-13-21(28-5)16(3)14-18)23-22(25)17(4)24(29(6,26)27)19-11-8-15(2)9-12-19/h8-14,17,20H,7H2,1-6H3,(H,23,25)/t17-,20+/m1/s1. The number of aryl methyl sites for hydroxylation is 2. The summed E-state index contributed by atoms with van der Waals surface area (Å²) >= 11 is 0. The normalized spacial score (nSPS) is 13.4. The van der Waals surface area contributed by atoms with E-state index in [4.69, 9.17) is 4.74 Å². The van der Waals surface area contributed by atoms with Gasteiger partial charge >= 0.3 is 0 Å². The van der Waals surface area contributed by atoms with Crippen LogP contribution in [0.25, 0.3) is 0 Å². The van der Waals surface area contributed by atoms with E-state index < -0.39 is 16.1 Å². The average molecular weight is 419 g/mol. The second kappa shape index (κ2) is 9.31. The van der Waals surface area contributed by atoms with Crippen LogP contribution in [0.5, 0.6) is 5.75 Å². The summed E-state index contributed by atoms with van der Waals surface area (Å²) in [5.74, 6) is 0.433. The van der Waals surface area contributed by atoms with Gasteiger partial charge in [-0.3, -0.25) is 9.10 Å². The Morgan fingerprint density at radius 1 is 1.14 bits per heavy atom. The predicted octanol–water partition coefficient (Wildman–Crippen LogP) is 3.73. The monoisotopic (exact) mass is 418 g/mol. The number of benzene rings is 2. The molecule has 0 unspecified atom stereocenters. The molecule has 0 aliphatic heterocycles. The molecule has 0 saturated heterocycles. The molecule has 1 N–H and O–H groups in total. The molecule has 0 aromatic heterocycles. The van der Waals surface area contributed by atoms with E-state index in [1.165, 1.54) is 0 Å². The zero-order valence-corrected chi connectivity index (χ0v) is 18.7. The maximum Gasteiger partial charge on any atom is 0.244 e. The number of ether oxygens (including phenoxy) is 1. The molecule has 2 rings (SSSR count). The van der Waals surface area contributed by atoms with Gasteiger partial charge in [-0.25, -0.2) is 8.42 Å². The third-order valence-electron chi connectivity index (χ3n) is 4.92. The Morgan fingerprint density at radius 2 is 1.76 bits per heavy atom. The summed E-state index contributed by atoms with van der Waals surface area (Å²) < 4.78 is 31.3. The molecule has 2 aromatic carbocycles. The van der Waals surface area contributed by atoms with Crippen LogP contribution in [0.15, 0.2) is 42.5 Å². The zero-order chi connectivity index (χ0) is 21.8. The third kappa shape index (κ3) is 5.50. The number of carbonyl (C=O) groups excluding carboxylic acids is 1. The first-order chi connectivity index (χ1) is 13.6. The second-order valence-corrected chi connectivity index (χ2v) is 9.13. The summed E-state index contributed by atoms with van der Waals surface area (Å²) in [7, 11) is -2.02. The summed E-state index contributed by atoms with van der Waals surface area (Å²) in [6, 6.07) is 11.7. The number of nitrogens with zero attached hydrogens (tertiary/aromatic N) is 1. The van der Waals surface area contributed by atoms with Crippen LogP contribution in [0.3, 0.4) is 0 Å². The lowest BCUT2D eigenvalue weighted by molar-refractivity contribution is -0.122. The van der Waals surface area contributed by atoms with Crippen molar-refractivity contribution >= 4 is 21.6 Å². The Balaban J connectivity index is 2.28. The van der Waals surface area contributed by atoms with Crippen molar-refractivity contribution in [1.29, 1.82) is 0 Å². The van der Waals surface area contributed by atoms with E-state index in [-0.39, 0.29) is 11.9 Å². The van der Waals surface area contributed by atoms with Crippen molar-refractivity contribution in [3.8, 4) is 5.75 Å². The maximum absolute atomic E-state index is 13.0. The number of amides is 1. The lowest BCUT2D eigenvalue weighted by Crippen LogP contribution is -2.48. The molecule has 0 spiro atoms. The molecule has 0 aliphatic rings. The molecule has 2 atom stereocenters. The zero-order valence-electron chi connectivity index (χ0n) is 17.9. The minimum absolute atomic E-state index is 0.228. The van der Waals surface area contributed by atoms with Gasteiger partial charge in [0.05, 0.1) is 25.1 Å². The molecule has 158 valence electrons. The smallest absolute Gasteiger partial charge is 0.244 e. The molecule has 6 nitrogen and oxygen atoms in total. The highest BCUT2D eigenvalue weighted by molar-refractivity contribution is 7.92. The topological polar surface area (TPSA) is 75.7 Å². The van der Waals surface area contributed by atoms with Crippen LogP contribution in [-0.2, 0) is 14.8 Å². The molecule has 0 fully saturated rings. The lowest BCUT2D eigenvalue weighted by atomic mass is 10.0. The van der Waals surface area contributed by atoms with Crippen molar-refractivity contribution in [2.24, 2.45) is 0 Å². The van der Waals surface area contributed by atoms with Crippen LogP contribution in [0, 0.1) is 13.8 Å². The Bertz CT molecular complexity index is 955. The minimum atomic E-state index is -3.64. The van der Waals surface area contributed by atoms with Crippen LogP contribution in [-0.4, -0.2) is 33.7 Å². The number of hydrogen-bond donors (Lipinski definition) is 1. The van der Waals surface area contributed by atoms with Gasteiger partial charge < -0.3 is 10.1 Å². The van der Waals surface area contributed by atoms with Gasteiger partial charge in [0.1, 0.15) is 11.8 Å². The van der Waals surface area contributed by atoms with E-state index in [0.717, 1.165) is 33.0 Å². The van der Waals surface area contributed by atoms with Gasteiger partial charge in [-0.05, 0) is 56.5 Å². The Morgan fingerprint density at radius 3 is 2.24 bits per heavy atom. The number of carbonyl (C=O) groups is 1. The van der Waals surface area contributed by atoms with E-state index in [1.807, 2.05) is 51.1 Å². The fraction of sp³-hybridized carbons (Fsp3) is 0.409. The molecule has 29 heavy (non-hydrogen) atoms. The molecule has 2 aromatic rings. The molecule has 1 amide bonds. The third-order valence-corrected chi connectivity index (χ3v) is 6.16. The first-order valence-electron chi connectivity index (χ1n) is 9.59.